The number of oxazole rings is 1. The lowest BCUT2D eigenvalue weighted by Gasteiger charge is -2.06. The number of benzene rings is 1. The van der Waals surface area contributed by atoms with E-state index >= 15 is 0 Å². The Morgan fingerprint density at radius 3 is 2.82 bits per heavy atom. The van der Waals surface area contributed by atoms with Crippen LogP contribution in [0.15, 0.2) is 38.4 Å². The van der Waals surface area contributed by atoms with E-state index in [1.807, 2.05) is 18.2 Å². The monoisotopic (exact) mass is 321 g/mol. The number of fused-ring (bicyclic) bond motifs is 1. The van der Waals surface area contributed by atoms with Gasteiger partial charge in [0.05, 0.1) is 0 Å². The molecule has 2 aromatic heterocycles. The molecule has 0 spiro atoms. The molecule has 0 aliphatic carbocycles. The Kier molecular flexibility index (Phi) is 3.71. The van der Waals surface area contributed by atoms with Crippen LogP contribution in [0, 0.1) is 13.8 Å². The van der Waals surface area contributed by atoms with Gasteiger partial charge in [0.2, 0.25) is 10.0 Å². The minimum Gasteiger partial charge on any atom is -0.443 e. The molecule has 1 N–H and O–H groups in total. The Hall–Kier alpha value is -2.19. The predicted octanol–water partition coefficient (Wildman–Crippen LogP) is 1.95. The van der Waals surface area contributed by atoms with Gasteiger partial charge in [-0.2, -0.15) is 0 Å². The highest BCUT2D eigenvalue weighted by Gasteiger charge is 2.23. The third-order valence-electron chi connectivity index (χ3n) is 3.34. The van der Waals surface area contributed by atoms with Crippen LogP contribution in [0.1, 0.15) is 17.0 Å². The fourth-order valence-corrected chi connectivity index (χ4v) is 3.68. The lowest BCUT2D eigenvalue weighted by Crippen LogP contribution is -2.26. The number of nitrogens with one attached hydrogen (secondary N) is 1. The number of hydrogen-bond donors (Lipinski definition) is 1. The fourth-order valence-electron chi connectivity index (χ4n) is 2.32. The van der Waals surface area contributed by atoms with E-state index in [0.29, 0.717) is 17.7 Å². The van der Waals surface area contributed by atoms with Crippen LogP contribution >= 0.6 is 0 Å². The van der Waals surface area contributed by atoms with Gasteiger partial charge in [-0.05, 0) is 38.0 Å². The second kappa shape index (κ2) is 5.54. The summed E-state index contributed by atoms with van der Waals surface area (Å²) >= 11 is 0. The van der Waals surface area contributed by atoms with Crippen LogP contribution in [0.2, 0.25) is 0 Å². The molecule has 0 unspecified atom stereocenters. The zero-order valence-corrected chi connectivity index (χ0v) is 13.0. The minimum absolute atomic E-state index is 0.111. The fraction of sp³-hybridized carbons (Fsp3) is 0.286. The Morgan fingerprint density at radius 1 is 1.27 bits per heavy atom. The smallest absolute Gasteiger partial charge is 0.245 e. The lowest BCUT2D eigenvalue weighted by molar-refractivity contribution is 0.390. The maximum atomic E-state index is 12.3. The van der Waals surface area contributed by atoms with E-state index in [9.17, 15) is 8.42 Å². The van der Waals surface area contributed by atoms with Crippen LogP contribution in [-0.4, -0.2) is 25.1 Å². The average Bonchev–Trinajstić information content (AvgIpc) is 3.05. The van der Waals surface area contributed by atoms with Crippen molar-refractivity contribution in [3.05, 3.63) is 41.6 Å². The molecule has 0 saturated heterocycles. The summed E-state index contributed by atoms with van der Waals surface area (Å²) in [6.45, 7) is 3.45. The van der Waals surface area contributed by atoms with E-state index in [4.69, 9.17) is 8.94 Å². The Morgan fingerprint density at radius 2 is 2.09 bits per heavy atom. The second-order valence-electron chi connectivity index (χ2n) is 4.96. The van der Waals surface area contributed by atoms with Gasteiger partial charge in [-0.15, -0.1) is 0 Å². The van der Waals surface area contributed by atoms with Crippen molar-refractivity contribution >= 4 is 21.1 Å². The molecular formula is C14H15N3O4S. The van der Waals surface area contributed by atoms with Gasteiger partial charge in [-0.3, -0.25) is 0 Å². The van der Waals surface area contributed by atoms with Crippen molar-refractivity contribution < 1.29 is 17.4 Å². The molecule has 0 fully saturated rings. The largest absolute Gasteiger partial charge is 0.443 e. The molecule has 22 heavy (non-hydrogen) atoms. The van der Waals surface area contributed by atoms with Crippen molar-refractivity contribution in [2.45, 2.75) is 25.2 Å². The maximum Gasteiger partial charge on any atom is 0.245 e. The highest BCUT2D eigenvalue weighted by molar-refractivity contribution is 7.89. The molecule has 0 atom stereocenters. The molecule has 2 heterocycles. The van der Waals surface area contributed by atoms with Crippen LogP contribution in [0.4, 0.5) is 0 Å². The quantitative estimate of drug-likeness (QED) is 0.771. The average molecular weight is 321 g/mol. The summed E-state index contributed by atoms with van der Waals surface area (Å²) in [6, 6.07) is 5.58. The van der Waals surface area contributed by atoms with E-state index in [1.54, 1.807) is 13.8 Å². The molecule has 0 bridgehead atoms. The SMILES string of the molecule is Cc1noc(C)c1S(=O)(=O)NCCc1ccc2ocnc2c1. The van der Waals surface area contributed by atoms with Crippen molar-refractivity contribution in [1.29, 1.82) is 0 Å². The molecule has 0 aliphatic heterocycles. The molecule has 0 amide bonds. The van der Waals surface area contributed by atoms with Gasteiger partial charge in [0.1, 0.15) is 16.1 Å². The highest BCUT2D eigenvalue weighted by atomic mass is 32.2. The van der Waals surface area contributed by atoms with E-state index in [-0.39, 0.29) is 17.2 Å². The third kappa shape index (κ3) is 2.75. The summed E-state index contributed by atoms with van der Waals surface area (Å²) in [5.41, 5.74) is 2.79. The standard InChI is InChI=1S/C14H15N3O4S/c1-9-14(10(2)21-17-9)22(18,19)16-6-5-11-3-4-13-12(7-11)15-8-20-13/h3-4,7-8,16H,5-6H2,1-2H3. The number of aromatic nitrogens is 2. The van der Waals surface area contributed by atoms with Crippen LogP contribution in [0.25, 0.3) is 11.1 Å². The van der Waals surface area contributed by atoms with Gasteiger partial charge in [-0.25, -0.2) is 18.1 Å². The van der Waals surface area contributed by atoms with Crippen LogP contribution in [0.5, 0.6) is 0 Å². The molecule has 1 aromatic carbocycles. The summed E-state index contributed by atoms with van der Waals surface area (Å²) in [5.74, 6) is 0.286. The molecule has 0 radical (unpaired) electrons. The molecule has 0 saturated carbocycles. The van der Waals surface area contributed by atoms with E-state index in [1.165, 1.54) is 6.39 Å². The summed E-state index contributed by atoms with van der Waals surface area (Å²) in [7, 11) is -3.62. The number of rotatable bonds is 5. The van der Waals surface area contributed by atoms with Crippen molar-refractivity contribution in [3.8, 4) is 0 Å². The van der Waals surface area contributed by atoms with Crippen LogP contribution in [0.3, 0.4) is 0 Å². The molecule has 7 nitrogen and oxygen atoms in total. The molecule has 3 rings (SSSR count). The maximum absolute atomic E-state index is 12.3. The van der Waals surface area contributed by atoms with Gasteiger partial charge in [0.15, 0.2) is 17.7 Å². The van der Waals surface area contributed by atoms with Gasteiger partial charge >= 0.3 is 0 Å². The van der Waals surface area contributed by atoms with Gasteiger partial charge < -0.3 is 8.94 Å². The zero-order chi connectivity index (χ0) is 15.7. The second-order valence-corrected chi connectivity index (χ2v) is 6.66. The molecule has 116 valence electrons. The summed E-state index contributed by atoms with van der Waals surface area (Å²) in [4.78, 5) is 4.18. The van der Waals surface area contributed by atoms with Crippen molar-refractivity contribution in [3.63, 3.8) is 0 Å². The van der Waals surface area contributed by atoms with E-state index in [0.717, 1.165) is 11.1 Å². The normalized spacial score (nSPS) is 12.1. The summed E-state index contributed by atoms with van der Waals surface area (Å²) in [6.07, 6.45) is 1.93. The first kappa shape index (κ1) is 14.7. The van der Waals surface area contributed by atoms with Gasteiger partial charge in [0.25, 0.3) is 0 Å². The number of hydrogen-bond acceptors (Lipinski definition) is 6. The molecule has 3 aromatic rings. The Bertz CT molecular complexity index is 892. The first-order chi connectivity index (χ1) is 10.5. The summed E-state index contributed by atoms with van der Waals surface area (Å²) in [5, 5.41) is 3.66. The van der Waals surface area contributed by atoms with Gasteiger partial charge in [-0.1, -0.05) is 11.2 Å². The first-order valence-corrected chi connectivity index (χ1v) is 8.20. The first-order valence-electron chi connectivity index (χ1n) is 6.72. The summed E-state index contributed by atoms with van der Waals surface area (Å²) < 4.78 is 37.1. The van der Waals surface area contributed by atoms with Gasteiger partial charge in [0, 0.05) is 6.54 Å². The highest BCUT2D eigenvalue weighted by Crippen LogP contribution is 2.19. The topological polar surface area (TPSA) is 98.2 Å². The van der Waals surface area contributed by atoms with Crippen LogP contribution < -0.4 is 4.72 Å². The zero-order valence-electron chi connectivity index (χ0n) is 12.2. The predicted molar refractivity (Wildman–Crippen MR) is 78.9 cm³/mol. The third-order valence-corrected chi connectivity index (χ3v) is 5.04. The number of nitrogens with zero attached hydrogens (tertiary/aromatic N) is 2. The Labute approximate surface area is 127 Å². The van der Waals surface area contributed by atoms with Crippen LogP contribution in [-0.2, 0) is 16.4 Å². The minimum atomic E-state index is -3.62. The molecule has 8 heteroatoms. The van der Waals surface area contributed by atoms with Crippen molar-refractivity contribution in [1.82, 2.24) is 14.9 Å². The number of aryl methyl sites for hydroxylation is 2. The molecule has 0 aliphatic rings. The lowest BCUT2D eigenvalue weighted by atomic mass is 10.1. The van der Waals surface area contributed by atoms with Crippen molar-refractivity contribution in [2.24, 2.45) is 0 Å². The van der Waals surface area contributed by atoms with E-state index in [2.05, 4.69) is 14.9 Å². The number of sulfonamides is 1. The molecular weight excluding hydrogens is 306 g/mol. The van der Waals surface area contributed by atoms with E-state index < -0.39 is 10.0 Å². The Balaban J connectivity index is 1.69. The van der Waals surface area contributed by atoms with Crippen molar-refractivity contribution in [2.75, 3.05) is 6.54 Å².